The van der Waals surface area contributed by atoms with Crippen molar-refractivity contribution in [3.05, 3.63) is 125 Å². The van der Waals surface area contributed by atoms with Gasteiger partial charge >= 0.3 is 0 Å². The molecule has 0 fully saturated rings. The highest BCUT2D eigenvalue weighted by Gasteiger charge is 2.35. The molecule has 0 aliphatic heterocycles. The summed E-state index contributed by atoms with van der Waals surface area (Å²) in [6.07, 6.45) is 0.240. The topological polar surface area (TPSA) is 96.0 Å². The number of methoxy groups -OCH3 is 1. The van der Waals surface area contributed by atoms with Crippen molar-refractivity contribution in [2.24, 2.45) is 0 Å². The largest absolute Gasteiger partial charge is 0.497 e. The molecule has 1 N–H and O–H groups in total. The Morgan fingerprint density at radius 2 is 1.48 bits per heavy atom. The molecule has 0 aromatic heterocycles. The smallest absolute Gasteiger partial charge is 0.264 e. The number of amides is 2. The van der Waals surface area contributed by atoms with Gasteiger partial charge in [0, 0.05) is 29.5 Å². The fourth-order valence-electron chi connectivity index (χ4n) is 4.78. The van der Waals surface area contributed by atoms with Crippen molar-refractivity contribution >= 4 is 43.5 Å². The SMILES string of the molecule is COc1cccc(N(CC(=O)N(Cc2cccc(Br)c2)C(Cc2ccccc2)C(=O)NC(C)C)S(=O)(=O)c2ccccc2)c1. The first-order valence-corrected chi connectivity index (χ1v) is 16.4. The van der Waals surface area contributed by atoms with Crippen molar-refractivity contribution in [1.82, 2.24) is 10.2 Å². The van der Waals surface area contributed by atoms with Gasteiger partial charge in [0.25, 0.3) is 10.0 Å². The fourth-order valence-corrected chi connectivity index (χ4v) is 6.65. The van der Waals surface area contributed by atoms with Crippen molar-refractivity contribution < 1.29 is 22.7 Å². The predicted octanol–water partition coefficient (Wildman–Crippen LogP) is 5.82. The van der Waals surface area contributed by atoms with Gasteiger partial charge in [0.2, 0.25) is 11.8 Å². The molecule has 10 heteroatoms. The second-order valence-corrected chi connectivity index (χ2v) is 13.3. The monoisotopic (exact) mass is 677 g/mol. The van der Waals surface area contributed by atoms with Gasteiger partial charge in [-0.1, -0.05) is 82.7 Å². The maximum Gasteiger partial charge on any atom is 0.264 e. The van der Waals surface area contributed by atoms with Gasteiger partial charge in [-0.3, -0.25) is 13.9 Å². The minimum Gasteiger partial charge on any atom is -0.497 e. The van der Waals surface area contributed by atoms with E-state index in [0.29, 0.717) is 5.75 Å². The number of sulfonamides is 1. The van der Waals surface area contributed by atoms with E-state index in [-0.39, 0.29) is 35.5 Å². The summed E-state index contributed by atoms with van der Waals surface area (Å²) in [4.78, 5) is 29.7. The maximum absolute atomic E-state index is 14.5. The molecule has 4 rings (SSSR count). The van der Waals surface area contributed by atoms with E-state index in [1.54, 1.807) is 42.5 Å². The number of anilines is 1. The van der Waals surface area contributed by atoms with E-state index < -0.39 is 28.5 Å². The van der Waals surface area contributed by atoms with Crippen LogP contribution in [0.5, 0.6) is 5.75 Å². The highest BCUT2D eigenvalue weighted by atomic mass is 79.9. The van der Waals surface area contributed by atoms with Crippen LogP contribution < -0.4 is 14.4 Å². The molecule has 4 aromatic rings. The predicted molar refractivity (Wildman–Crippen MR) is 176 cm³/mol. The third-order valence-electron chi connectivity index (χ3n) is 6.90. The molecular weight excluding hydrogens is 642 g/mol. The molecule has 0 saturated carbocycles. The van der Waals surface area contributed by atoms with Crippen LogP contribution in [0.15, 0.2) is 119 Å². The van der Waals surface area contributed by atoms with Gasteiger partial charge in [0.05, 0.1) is 17.7 Å². The van der Waals surface area contributed by atoms with Crippen LogP contribution in [0.25, 0.3) is 0 Å². The van der Waals surface area contributed by atoms with Crippen molar-refractivity contribution in [2.45, 2.75) is 43.8 Å². The Bertz CT molecular complexity index is 1670. The standard InChI is InChI=1S/C34H36BrN3O5S/c1-25(2)36-34(40)32(21-26-12-6-4-7-13-26)37(23-27-14-10-15-28(35)20-27)33(39)24-38(29-16-11-17-30(22-29)43-3)44(41,42)31-18-8-5-9-19-31/h4-20,22,25,32H,21,23-24H2,1-3H3,(H,36,40). The Kier molecular flexibility index (Phi) is 11.2. The number of rotatable bonds is 13. The zero-order chi connectivity index (χ0) is 31.7. The van der Waals surface area contributed by atoms with Crippen molar-refractivity contribution in [2.75, 3.05) is 18.0 Å². The zero-order valence-electron chi connectivity index (χ0n) is 24.9. The van der Waals surface area contributed by atoms with E-state index in [9.17, 15) is 18.0 Å². The van der Waals surface area contributed by atoms with Crippen LogP contribution in [0, 0.1) is 0 Å². The Hall–Kier alpha value is -4.15. The van der Waals surface area contributed by atoms with Gasteiger partial charge in [-0.25, -0.2) is 8.42 Å². The number of nitrogens with zero attached hydrogens (tertiary/aromatic N) is 2. The van der Waals surface area contributed by atoms with Crippen LogP contribution in [0.3, 0.4) is 0 Å². The van der Waals surface area contributed by atoms with Crippen LogP contribution in [-0.2, 0) is 32.6 Å². The van der Waals surface area contributed by atoms with Gasteiger partial charge in [0.15, 0.2) is 0 Å². The molecule has 44 heavy (non-hydrogen) atoms. The van der Waals surface area contributed by atoms with Gasteiger partial charge < -0.3 is 15.0 Å². The maximum atomic E-state index is 14.5. The van der Waals surface area contributed by atoms with Crippen molar-refractivity contribution in [3.8, 4) is 5.75 Å². The van der Waals surface area contributed by atoms with Crippen molar-refractivity contribution in [3.63, 3.8) is 0 Å². The highest BCUT2D eigenvalue weighted by molar-refractivity contribution is 9.10. The highest BCUT2D eigenvalue weighted by Crippen LogP contribution is 2.28. The molecule has 1 atom stereocenters. The van der Waals surface area contributed by atoms with Crippen molar-refractivity contribution in [1.29, 1.82) is 0 Å². The third kappa shape index (κ3) is 8.48. The summed E-state index contributed by atoms with van der Waals surface area (Å²) in [5.41, 5.74) is 1.90. The molecule has 0 heterocycles. The first-order chi connectivity index (χ1) is 21.1. The quantitative estimate of drug-likeness (QED) is 0.193. The number of carbonyl (C=O) groups excluding carboxylic acids is 2. The van der Waals surface area contributed by atoms with E-state index in [1.165, 1.54) is 24.1 Å². The number of ether oxygens (including phenoxy) is 1. The third-order valence-corrected chi connectivity index (χ3v) is 9.18. The number of nitrogens with one attached hydrogen (secondary N) is 1. The number of benzene rings is 4. The summed E-state index contributed by atoms with van der Waals surface area (Å²) in [7, 11) is -2.70. The zero-order valence-corrected chi connectivity index (χ0v) is 27.3. The Morgan fingerprint density at radius 1 is 0.841 bits per heavy atom. The number of hydrogen-bond donors (Lipinski definition) is 1. The van der Waals surface area contributed by atoms with Gasteiger partial charge in [0.1, 0.15) is 18.3 Å². The Morgan fingerprint density at radius 3 is 2.11 bits per heavy atom. The van der Waals surface area contributed by atoms with Crippen LogP contribution in [0.2, 0.25) is 0 Å². The Balaban J connectivity index is 1.81. The lowest BCUT2D eigenvalue weighted by atomic mass is 10.0. The summed E-state index contributed by atoms with van der Waals surface area (Å²) in [5.74, 6) is -0.425. The number of halogens is 1. The fraction of sp³-hybridized carbons (Fsp3) is 0.235. The van der Waals surface area contributed by atoms with E-state index in [2.05, 4.69) is 21.2 Å². The van der Waals surface area contributed by atoms with E-state index >= 15 is 0 Å². The van der Waals surface area contributed by atoms with Crippen LogP contribution >= 0.6 is 15.9 Å². The Labute approximate surface area is 267 Å². The van der Waals surface area contributed by atoms with Crippen LogP contribution in [0.4, 0.5) is 5.69 Å². The lowest BCUT2D eigenvalue weighted by Gasteiger charge is -2.34. The molecule has 4 aromatic carbocycles. The van der Waals surface area contributed by atoms with Crippen LogP contribution in [0.1, 0.15) is 25.0 Å². The number of carbonyl (C=O) groups is 2. The van der Waals surface area contributed by atoms with Gasteiger partial charge in [-0.15, -0.1) is 0 Å². The molecule has 230 valence electrons. The summed E-state index contributed by atoms with van der Waals surface area (Å²) in [5, 5.41) is 2.96. The molecule has 2 amide bonds. The summed E-state index contributed by atoms with van der Waals surface area (Å²) in [6.45, 7) is 3.25. The molecule has 8 nitrogen and oxygen atoms in total. The molecule has 0 saturated heterocycles. The summed E-state index contributed by atoms with van der Waals surface area (Å²) >= 11 is 3.50. The molecule has 0 aliphatic carbocycles. The van der Waals surface area contributed by atoms with E-state index in [1.807, 2.05) is 68.4 Å². The first-order valence-electron chi connectivity index (χ1n) is 14.2. The normalized spacial score (nSPS) is 11.9. The van der Waals surface area contributed by atoms with Gasteiger partial charge in [-0.05, 0) is 61.4 Å². The molecule has 0 bridgehead atoms. The average Bonchev–Trinajstić information content (AvgIpc) is 3.02. The number of hydrogen-bond acceptors (Lipinski definition) is 5. The first kappa shape index (κ1) is 32.8. The second kappa shape index (κ2) is 15.0. The molecule has 0 spiro atoms. The van der Waals surface area contributed by atoms with Crippen LogP contribution in [-0.4, -0.2) is 50.9 Å². The molecular formula is C34H36BrN3O5S. The average molecular weight is 679 g/mol. The molecule has 0 radical (unpaired) electrons. The summed E-state index contributed by atoms with van der Waals surface area (Å²) < 4.78 is 35.4. The molecule has 1 unspecified atom stereocenters. The lowest BCUT2D eigenvalue weighted by Crippen LogP contribution is -2.54. The minimum absolute atomic E-state index is 0.0348. The minimum atomic E-state index is -4.19. The molecule has 0 aliphatic rings. The van der Waals surface area contributed by atoms with Gasteiger partial charge in [-0.2, -0.15) is 0 Å². The lowest BCUT2D eigenvalue weighted by molar-refractivity contribution is -0.140. The second-order valence-electron chi connectivity index (χ2n) is 10.5. The van der Waals surface area contributed by atoms with E-state index in [4.69, 9.17) is 4.74 Å². The summed E-state index contributed by atoms with van der Waals surface area (Å²) in [6, 6.07) is 30.3. The van der Waals surface area contributed by atoms with E-state index in [0.717, 1.165) is 19.9 Å².